The van der Waals surface area contributed by atoms with Crippen LogP contribution in [0.25, 0.3) is 0 Å². The molecule has 0 aliphatic heterocycles. The average molecular weight is 282 g/mol. The zero-order chi connectivity index (χ0) is 13.6. The number of hydrogen-bond donors (Lipinski definition) is 1. The zero-order valence-corrected chi connectivity index (χ0v) is 13.0. The number of benzene rings is 1. The molecule has 1 atom stereocenters. The quantitative estimate of drug-likeness (QED) is 0.904. The highest BCUT2D eigenvalue weighted by Crippen LogP contribution is 2.49. The predicted molar refractivity (Wildman–Crippen MR) is 81.9 cm³/mol. The van der Waals surface area contributed by atoms with Crippen molar-refractivity contribution < 1.29 is 4.79 Å². The van der Waals surface area contributed by atoms with Gasteiger partial charge in [0.15, 0.2) is 0 Å². The van der Waals surface area contributed by atoms with Crippen molar-refractivity contribution >= 4 is 18.2 Å². The fraction of sp³-hybridized carbons (Fsp3) is 0.562. The molecule has 2 N–H and O–H groups in total. The minimum atomic E-state index is -0.122. The first kappa shape index (κ1) is 16.2. The Morgan fingerprint density at radius 3 is 2.26 bits per heavy atom. The first-order valence-electron chi connectivity index (χ1n) is 6.63. The van der Waals surface area contributed by atoms with Crippen LogP contribution in [0.3, 0.4) is 0 Å². The molecule has 0 fully saturated rings. The fourth-order valence-corrected chi connectivity index (χ4v) is 3.36. The Hall–Kier alpha value is -0.860. The maximum atomic E-state index is 12.2. The Bertz CT molecular complexity index is 479. The van der Waals surface area contributed by atoms with Gasteiger partial charge in [-0.25, -0.2) is 0 Å². The topological polar surface area (TPSA) is 43.1 Å². The monoisotopic (exact) mass is 281 g/mol. The molecule has 0 spiro atoms. The van der Waals surface area contributed by atoms with Gasteiger partial charge >= 0.3 is 0 Å². The van der Waals surface area contributed by atoms with E-state index in [9.17, 15) is 4.79 Å². The molecule has 19 heavy (non-hydrogen) atoms. The van der Waals surface area contributed by atoms with Crippen LogP contribution in [-0.4, -0.2) is 12.3 Å². The number of Topliss-reactive ketones (excluding diaryl/α,β-unsaturated/α-hetero) is 1. The summed E-state index contributed by atoms with van der Waals surface area (Å²) in [5, 5.41) is 0. The molecule has 2 rings (SSSR count). The van der Waals surface area contributed by atoms with Gasteiger partial charge in [0.2, 0.25) is 0 Å². The number of nitrogens with two attached hydrogens (primary N) is 1. The van der Waals surface area contributed by atoms with Gasteiger partial charge in [-0.3, -0.25) is 4.79 Å². The molecule has 1 unspecified atom stereocenters. The predicted octanol–water partition coefficient (Wildman–Crippen LogP) is 3.21. The van der Waals surface area contributed by atoms with Crippen molar-refractivity contribution in [3.8, 4) is 0 Å². The van der Waals surface area contributed by atoms with Gasteiger partial charge in [-0.05, 0) is 28.4 Å². The van der Waals surface area contributed by atoms with E-state index in [2.05, 4.69) is 52.0 Å². The van der Waals surface area contributed by atoms with Crippen LogP contribution in [0.2, 0.25) is 0 Å². The van der Waals surface area contributed by atoms with Crippen LogP contribution in [0.1, 0.15) is 45.2 Å². The third-order valence-corrected chi connectivity index (χ3v) is 4.53. The van der Waals surface area contributed by atoms with Gasteiger partial charge < -0.3 is 5.73 Å². The van der Waals surface area contributed by atoms with Crippen LogP contribution in [-0.2, 0) is 15.6 Å². The summed E-state index contributed by atoms with van der Waals surface area (Å²) < 4.78 is 0. The Labute approximate surface area is 122 Å². The Balaban J connectivity index is 0.00000180. The van der Waals surface area contributed by atoms with Crippen LogP contribution in [0.5, 0.6) is 0 Å². The van der Waals surface area contributed by atoms with Crippen molar-refractivity contribution in [2.24, 2.45) is 11.7 Å². The first-order valence-corrected chi connectivity index (χ1v) is 6.63. The summed E-state index contributed by atoms with van der Waals surface area (Å²) in [5.74, 6) is 0.204. The van der Waals surface area contributed by atoms with Crippen molar-refractivity contribution in [1.82, 2.24) is 0 Å². The van der Waals surface area contributed by atoms with Crippen molar-refractivity contribution in [1.29, 1.82) is 0 Å². The maximum absolute atomic E-state index is 12.2. The van der Waals surface area contributed by atoms with Crippen LogP contribution in [0.15, 0.2) is 24.3 Å². The number of ketones is 1. The highest BCUT2D eigenvalue weighted by Gasteiger charge is 2.46. The molecule has 0 heterocycles. The third kappa shape index (κ3) is 2.56. The summed E-state index contributed by atoms with van der Waals surface area (Å²) >= 11 is 0. The van der Waals surface area contributed by atoms with E-state index in [1.165, 1.54) is 11.1 Å². The molecule has 3 heteroatoms. The Morgan fingerprint density at radius 2 is 1.74 bits per heavy atom. The maximum Gasteiger partial charge on any atom is 0.150 e. The summed E-state index contributed by atoms with van der Waals surface area (Å²) in [6, 6.07) is 8.50. The smallest absolute Gasteiger partial charge is 0.150 e. The summed E-state index contributed by atoms with van der Waals surface area (Å²) in [6.07, 6.45) is 0.882. The highest BCUT2D eigenvalue weighted by molar-refractivity contribution is 5.85. The molecule has 0 saturated carbocycles. The second-order valence-corrected chi connectivity index (χ2v) is 6.58. The second-order valence-electron chi connectivity index (χ2n) is 6.58. The van der Waals surface area contributed by atoms with Gasteiger partial charge in [0.1, 0.15) is 5.78 Å². The fourth-order valence-electron chi connectivity index (χ4n) is 3.36. The lowest BCUT2D eigenvalue weighted by Crippen LogP contribution is -2.46. The van der Waals surface area contributed by atoms with Gasteiger partial charge in [-0.2, -0.15) is 0 Å². The molecule has 106 valence electrons. The number of carbonyl (C=O) groups excluding carboxylic acids is 1. The van der Waals surface area contributed by atoms with E-state index in [1.807, 2.05) is 0 Å². The molecule has 0 aromatic heterocycles. The molecule has 1 aromatic carbocycles. The van der Waals surface area contributed by atoms with Crippen molar-refractivity contribution in [3.63, 3.8) is 0 Å². The Morgan fingerprint density at radius 1 is 1.21 bits per heavy atom. The van der Waals surface area contributed by atoms with E-state index in [-0.39, 0.29) is 41.5 Å². The number of hydrogen-bond acceptors (Lipinski definition) is 2. The molecular formula is C16H24ClNO. The normalized spacial score (nSPS) is 23.1. The molecular weight excluding hydrogens is 258 g/mol. The summed E-state index contributed by atoms with van der Waals surface area (Å²) in [6.45, 7) is 8.92. The largest absolute Gasteiger partial charge is 0.324 e. The van der Waals surface area contributed by atoms with Crippen LogP contribution in [0.4, 0.5) is 0 Å². The van der Waals surface area contributed by atoms with Gasteiger partial charge in [0.05, 0.1) is 6.54 Å². The number of carbonyl (C=O) groups is 1. The first-order chi connectivity index (χ1) is 8.30. The molecule has 0 amide bonds. The SMILES string of the molecule is CC1(C)CC(C(=O)CN)C(C)(C)c2ccccc21.Cl. The highest BCUT2D eigenvalue weighted by atomic mass is 35.5. The van der Waals surface area contributed by atoms with Crippen LogP contribution < -0.4 is 5.73 Å². The lowest BCUT2D eigenvalue weighted by atomic mass is 9.57. The van der Waals surface area contributed by atoms with Crippen molar-refractivity contribution in [2.45, 2.75) is 44.9 Å². The second kappa shape index (κ2) is 5.26. The molecule has 0 bridgehead atoms. The molecule has 1 aliphatic carbocycles. The van der Waals surface area contributed by atoms with Gasteiger partial charge in [-0.1, -0.05) is 52.0 Å². The number of halogens is 1. The zero-order valence-electron chi connectivity index (χ0n) is 12.2. The molecule has 1 aromatic rings. The number of rotatable bonds is 2. The van der Waals surface area contributed by atoms with E-state index in [1.54, 1.807) is 0 Å². The lowest BCUT2D eigenvalue weighted by Gasteiger charge is -2.46. The van der Waals surface area contributed by atoms with Gasteiger partial charge in [0, 0.05) is 5.92 Å². The molecule has 1 aliphatic rings. The summed E-state index contributed by atoms with van der Waals surface area (Å²) in [7, 11) is 0. The van der Waals surface area contributed by atoms with E-state index in [4.69, 9.17) is 5.73 Å². The van der Waals surface area contributed by atoms with Gasteiger partial charge in [-0.15, -0.1) is 12.4 Å². The minimum Gasteiger partial charge on any atom is -0.324 e. The van der Waals surface area contributed by atoms with Crippen molar-refractivity contribution in [3.05, 3.63) is 35.4 Å². The van der Waals surface area contributed by atoms with Crippen LogP contribution in [0, 0.1) is 5.92 Å². The van der Waals surface area contributed by atoms with Crippen molar-refractivity contribution in [2.75, 3.05) is 6.54 Å². The molecule has 0 saturated heterocycles. The number of fused-ring (bicyclic) bond motifs is 1. The molecule has 2 nitrogen and oxygen atoms in total. The van der Waals surface area contributed by atoms with E-state index >= 15 is 0 Å². The average Bonchev–Trinajstić information content (AvgIpc) is 2.34. The van der Waals surface area contributed by atoms with E-state index in [0.717, 1.165) is 6.42 Å². The minimum absolute atomic E-state index is 0. The third-order valence-electron chi connectivity index (χ3n) is 4.53. The Kier molecular flexibility index (Phi) is 4.48. The summed E-state index contributed by atoms with van der Waals surface area (Å²) in [5.41, 5.74) is 8.17. The van der Waals surface area contributed by atoms with Gasteiger partial charge in [0.25, 0.3) is 0 Å². The molecule has 0 radical (unpaired) electrons. The lowest BCUT2D eigenvalue weighted by molar-refractivity contribution is -0.124. The van der Waals surface area contributed by atoms with E-state index in [0.29, 0.717) is 0 Å². The van der Waals surface area contributed by atoms with E-state index < -0.39 is 0 Å². The summed E-state index contributed by atoms with van der Waals surface area (Å²) in [4.78, 5) is 12.2. The standard InChI is InChI=1S/C16H23NO.ClH/c1-15(2)9-13(14(18)10-17)16(3,4)12-8-6-5-7-11(12)15;/h5-8,13H,9-10,17H2,1-4H3;1H. The van der Waals surface area contributed by atoms with Crippen LogP contribution >= 0.6 is 12.4 Å².